The standard InChI is InChI=1S/C26H19NO2/c28-25(20-12-4-1-5-13-20)23-18-10-11-19-24(23)26(29)27(21-14-6-2-7-15-21)22-16-8-3-9-17-22/h1-19H. The Morgan fingerprint density at radius 2 is 0.897 bits per heavy atom. The molecule has 0 aliphatic heterocycles. The first kappa shape index (κ1) is 18.4. The molecule has 140 valence electrons. The van der Waals surface area contributed by atoms with Gasteiger partial charge in [-0.15, -0.1) is 0 Å². The average molecular weight is 377 g/mol. The van der Waals surface area contributed by atoms with Crippen molar-refractivity contribution in [2.24, 2.45) is 0 Å². The second-order valence-electron chi connectivity index (χ2n) is 6.55. The largest absolute Gasteiger partial charge is 0.289 e. The van der Waals surface area contributed by atoms with E-state index in [1.54, 1.807) is 41.3 Å². The van der Waals surface area contributed by atoms with Gasteiger partial charge in [0.15, 0.2) is 5.78 Å². The predicted octanol–water partition coefficient (Wildman–Crippen LogP) is 5.90. The Kier molecular flexibility index (Phi) is 5.30. The molecule has 0 radical (unpaired) electrons. The van der Waals surface area contributed by atoms with Crippen molar-refractivity contribution in [3.8, 4) is 0 Å². The summed E-state index contributed by atoms with van der Waals surface area (Å²) in [5.41, 5.74) is 2.80. The van der Waals surface area contributed by atoms with E-state index in [0.717, 1.165) is 11.4 Å². The van der Waals surface area contributed by atoms with Crippen LogP contribution in [0, 0.1) is 0 Å². The SMILES string of the molecule is O=C(c1ccccc1)c1ccccc1C(=O)N(c1ccccc1)c1ccccc1. The van der Waals surface area contributed by atoms with E-state index in [1.165, 1.54) is 0 Å². The molecule has 0 bridgehead atoms. The molecule has 0 saturated heterocycles. The molecule has 0 heterocycles. The second kappa shape index (κ2) is 8.36. The van der Waals surface area contributed by atoms with Gasteiger partial charge in [-0.2, -0.15) is 0 Å². The van der Waals surface area contributed by atoms with Gasteiger partial charge in [0.05, 0.1) is 5.56 Å². The van der Waals surface area contributed by atoms with Gasteiger partial charge in [-0.25, -0.2) is 0 Å². The Bertz CT molecular complexity index is 1080. The fourth-order valence-corrected chi connectivity index (χ4v) is 3.27. The highest BCUT2D eigenvalue weighted by molar-refractivity contribution is 6.20. The number of carbonyl (C=O) groups is 2. The molecule has 0 unspecified atom stereocenters. The molecule has 0 aliphatic carbocycles. The van der Waals surface area contributed by atoms with Gasteiger partial charge < -0.3 is 0 Å². The van der Waals surface area contributed by atoms with Crippen molar-refractivity contribution < 1.29 is 9.59 Å². The Morgan fingerprint density at radius 1 is 0.483 bits per heavy atom. The summed E-state index contributed by atoms with van der Waals surface area (Å²) < 4.78 is 0. The highest BCUT2D eigenvalue weighted by Gasteiger charge is 2.24. The van der Waals surface area contributed by atoms with Crippen molar-refractivity contribution in [1.29, 1.82) is 0 Å². The molecule has 0 atom stereocenters. The minimum atomic E-state index is -0.248. The van der Waals surface area contributed by atoms with Gasteiger partial charge in [-0.05, 0) is 30.3 Å². The third-order valence-corrected chi connectivity index (χ3v) is 4.67. The third-order valence-electron chi connectivity index (χ3n) is 4.67. The number of amides is 1. The Balaban J connectivity index is 1.81. The molecule has 4 aromatic carbocycles. The highest BCUT2D eigenvalue weighted by atomic mass is 16.2. The van der Waals surface area contributed by atoms with Crippen LogP contribution in [0.2, 0.25) is 0 Å². The van der Waals surface area contributed by atoms with Gasteiger partial charge in [0.2, 0.25) is 0 Å². The van der Waals surface area contributed by atoms with Crippen LogP contribution in [0.15, 0.2) is 115 Å². The summed E-state index contributed by atoms with van der Waals surface area (Å²) in [4.78, 5) is 28.4. The topological polar surface area (TPSA) is 37.4 Å². The van der Waals surface area contributed by atoms with E-state index in [9.17, 15) is 9.59 Å². The maximum atomic E-state index is 13.7. The van der Waals surface area contributed by atoms with Gasteiger partial charge in [-0.3, -0.25) is 14.5 Å². The van der Waals surface area contributed by atoms with Crippen molar-refractivity contribution in [2.75, 3.05) is 4.90 Å². The van der Waals surface area contributed by atoms with Crippen LogP contribution in [-0.4, -0.2) is 11.7 Å². The molecule has 3 nitrogen and oxygen atoms in total. The van der Waals surface area contributed by atoms with E-state index in [2.05, 4.69) is 0 Å². The Labute approximate surface area is 169 Å². The average Bonchev–Trinajstić information content (AvgIpc) is 2.81. The van der Waals surface area contributed by atoms with Crippen LogP contribution >= 0.6 is 0 Å². The number of benzene rings is 4. The monoisotopic (exact) mass is 377 g/mol. The first-order chi connectivity index (χ1) is 14.3. The van der Waals surface area contributed by atoms with E-state index in [0.29, 0.717) is 16.7 Å². The zero-order chi connectivity index (χ0) is 20.1. The molecule has 0 aromatic heterocycles. The van der Waals surface area contributed by atoms with Crippen molar-refractivity contribution >= 4 is 23.1 Å². The molecule has 0 aliphatic rings. The molecule has 0 saturated carbocycles. The molecule has 29 heavy (non-hydrogen) atoms. The molecule has 4 aromatic rings. The number of hydrogen-bond donors (Lipinski definition) is 0. The fourth-order valence-electron chi connectivity index (χ4n) is 3.27. The number of nitrogens with zero attached hydrogens (tertiary/aromatic N) is 1. The highest BCUT2D eigenvalue weighted by Crippen LogP contribution is 2.28. The first-order valence-electron chi connectivity index (χ1n) is 9.39. The summed E-state index contributed by atoms with van der Waals surface area (Å²) in [6.07, 6.45) is 0. The van der Waals surface area contributed by atoms with Crippen molar-refractivity contribution in [2.45, 2.75) is 0 Å². The summed E-state index contributed by atoms with van der Waals surface area (Å²) >= 11 is 0. The molecular formula is C26H19NO2. The molecule has 0 fully saturated rings. The minimum absolute atomic E-state index is 0.171. The number of anilines is 2. The van der Waals surface area contributed by atoms with Crippen LogP contribution < -0.4 is 4.90 Å². The van der Waals surface area contributed by atoms with Crippen molar-refractivity contribution in [1.82, 2.24) is 0 Å². The lowest BCUT2D eigenvalue weighted by Crippen LogP contribution is -2.27. The summed E-state index contributed by atoms with van der Waals surface area (Å²) in [5, 5.41) is 0. The van der Waals surface area contributed by atoms with Crippen LogP contribution in [0.1, 0.15) is 26.3 Å². The van der Waals surface area contributed by atoms with Gasteiger partial charge >= 0.3 is 0 Å². The van der Waals surface area contributed by atoms with Crippen LogP contribution in [0.4, 0.5) is 11.4 Å². The summed E-state index contributed by atoms with van der Waals surface area (Å²) in [6, 6.07) is 34.9. The van der Waals surface area contributed by atoms with Crippen LogP contribution in [0.5, 0.6) is 0 Å². The second-order valence-corrected chi connectivity index (χ2v) is 6.55. The van der Waals surface area contributed by atoms with E-state index in [-0.39, 0.29) is 11.7 Å². The molecule has 1 amide bonds. The lowest BCUT2D eigenvalue weighted by atomic mass is 9.97. The minimum Gasteiger partial charge on any atom is -0.289 e. The van der Waals surface area contributed by atoms with Gasteiger partial charge in [0.25, 0.3) is 5.91 Å². The van der Waals surface area contributed by atoms with E-state index in [4.69, 9.17) is 0 Å². The third kappa shape index (κ3) is 3.85. The maximum absolute atomic E-state index is 13.7. The molecule has 0 N–H and O–H groups in total. The summed E-state index contributed by atoms with van der Waals surface area (Å²) in [6.45, 7) is 0. The molecule has 0 spiro atoms. The number of para-hydroxylation sites is 2. The fraction of sp³-hybridized carbons (Fsp3) is 0. The van der Waals surface area contributed by atoms with E-state index in [1.807, 2.05) is 78.9 Å². The number of carbonyl (C=O) groups excluding carboxylic acids is 2. The Morgan fingerprint density at radius 3 is 1.41 bits per heavy atom. The quantitative estimate of drug-likeness (QED) is 0.406. The normalized spacial score (nSPS) is 10.3. The van der Waals surface area contributed by atoms with Crippen LogP contribution in [0.3, 0.4) is 0 Å². The maximum Gasteiger partial charge on any atom is 0.263 e. The number of rotatable bonds is 5. The lowest BCUT2D eigenvalue weighted by molar-refractivity contribution is 0.0980. The predicted molar refractivity (Wildman–Crippen MR) is 116 cm³/mol. The number of hydrogen-bond acceptors (Lipinski definition) is 2. The van der Waals surface area contributed by atoms with E-state index >= 15 is 0 Å². The van der Waals surface area contributed by atoms with Crippen molar-refractivity contribution in [3.05, 3.63) is 132 Å². The lowest BCUT2D eigenvalue weighted by Gasteiger charge is -2.24. The Hall–Kier alpha value is -3.98. The van der Waals surface area contributed by atoms with Gasteiger partial charge in [0.1, 0.15) is 0 Å². The first-order valence-corrected chi connectivity index (χ1v) is 9.39. The molecular weight excluding hydrogens is 358 g/mol. The number of ketones is 1. The molecule has 4 rings (SSSR count). The van der Waals surface area contributed by atoms with Crippen molar-refractivity contribution in [3.63, 3.8) is 0 Å². The zero-order valence-corrected chi connectivity index (χ0v) is 15.7. The van der Waals surface area contributed by atoms with Crippen LogP contribution in [-0.2, 0) is 0 Å². The van der Waals surface area contributed by atoms with Crippen LogP contribution in [0.25, 0.3) is 0 Å². The van der Waals surface area contributed by atoms with Gasteiger partial charge in [0, 0.05) is 22.5 Å². The summed E-state index contributed by atoms with van der Waals surface area (Å²) in [5.74, 6) is -0.419. The smallest absolute Gasteiger partial charge is 0.263 e. The van der Waals surface area contributed by atoms with Gasteiger partial charge in [-0.1, -0.05) is 84.9 Å². The summed E-state index contributed by atoms with van der Waals surface area (Å²) in [7, 11) is 0. The molecule has 3 heteroatoms. The zero-order valence-electron chi connectivity index (χ0n) is 15.7. The van der Waals surface area contributed by atoms with E-state index < -0.39 is 0 Å².